The van der Waals surface area contributed by atoms with Gasteiger partial charge in [0.05, 0.1) is 12.6 Å². The third kappa shape index (κ3) is 3.78. The highest BCUT2D eigenvalue weighted by Gasteiger charge is 2.28. The van der Waals surface area contributed by atoms with Crippen LogP contribution in [0.3, 0.4) is 0 Å². The van der Waals surface area contributed by atoms with Crippen molar-refractivity contribution in [3.8, 4) is 0 Å². The molecule has 1 N–H and O–H groups in total. The molecule has 1 aliphatic rings. The molecule has 6 heteroatoms. The average molecular weight is 267 g/mol. The Kier molecular flexibility index (Phi) is 4.21. The fourth-order valence-electron chi connectivity index (χ4n) is 2.38. The van der Waals surface area contributed by atoms with Crippen LogP contribution in [0.4, 0.5) is 5.88 Å². The zero-order valence-electron chi connectivity index (χ0n) is 11.5. The van der Waals surface area contributed by atoms with Gasteiger partial charge in [-0.15, -0.1) is 0 Å². The van der Waals surface area contributed by atoms with Crippen molar-refractivity contribution in [2.24, 2.45) is 5.41 Å². The predicted octanol–water partition coefficient (Wildman–Crippen LogP) is 2.01. The standard InChI is InChI=1S/C13H21N3O3/c1-13(5-7-15(2)8-6-13)10-14-9-11-3-4-12(19-11)16(17)18/h3-4,14H,5-10H2,1-2H3. The van der Waals surface area contributed by atoms with Gasteiger partial charge in [-0.3, -0.25) is 10.1 Å². The van der Waals surface area contributed by atoms with Crippen LogP contribution in [0.5, 0.6) is 0 Å². The van der Waals surface area contributed by atoms with E-state index in [0.29, 0.717) is 17.7 Å². The van der Waals surface area contributed by atoms with Gasteiger partial charge in [-0.1, -0.05) is 6.92 Å². The molecule has 1 fully saturated rings. The molecule has 1 aromatic heterocycles. The number of furan rings is 1. The van der Waals surface area contributed by atoms with Crippen LogP contribution >= 0.6 is 0 Å². The molecule has 0 aromatic carbocycles. The summed E-state index contributed by atoms with van der Waals surface area (Å²) in [5, 5.41) is 13.8. The lowest BCUT2D eigenvalue weighted by Crippen LogP contribution is -2.41. The fourth-order valence-corrected chi connectivity index (χ4v) is 2.38. The van der Waals surface area contributed by atoms with Gasteiger partial charge in [0.2, 0.25) is 0 Å². The van der Waals surface area contributed by atoms with E-state index < -0.39 is 4.92 Å². The number of nitro groups is 1. The Bertz CT molecular complexity index is 436. The molecule has 1 aromatic rings. The maximum absolute atomic E-state index is 10.5. The molecule has 0 aliphatic carbocycles. The molecule has 0 amide bonds. The molecule has 19 heavy (non-hydrogen) atoms. The van der Waals surface area contributed by atoms with Gasteiger partial charge in [-0.05, 0) is 44.5 Å². The SMILES string of the molecule is CN1CCC(C)(CNCc2ccc([N+](=O)[O-])o2)CC1. The third-order valence-electron chi connectivity index (χ3n) is 3.87. The van der Waals surface area contributed by atoms with E-state index in [1.807, 2.05) is 0 Å². The van der Waals surface area contributed by atoms with Gasteiger partial charge >= 0.3 is 5.88 Å². The van der Waals surface area contributed by atoms with Crippen molar-refractivity contribution in [3.63, 3.8) is 0 Å². The van der Waals surface area contributed by atoms with Crippen LogP contribution in [0, 0.1) is 15.5 Å². The summed E-state index contributed by atoms with van der Waals surface area (Å²) in [7, 11) is 2.15. The maximum atomic E-state index is 10.5. The van der Waals surface area contributed by atoms with Crippen LogP contribution in [0.2, 0.25) is 0 Å². The van der Waals surface area contributed by atoms with E-state index in [4.69, 9.17) is 4.42 Å². The van der Waals surface area contributed by atoms with Crippen molar-refractivity contribution in [1.82, 2.24) is 10.2 Å². The fraction of sp³-hybridized carbons (Fsp3) is 0.692. The number of nitrogens with zero attached hydrogens (tertiary/aromatic N) is 2. The minimum absolute atomic E-state index is 0.192. The second-order valence-corrected chi connectivity index (χ2v) is 5.71. The van der Waals surface area contributed by atoms with Crippen molar-refractivity contribution < 1.29 is 9.34 Å². The van der Waals surface area contributed by atoms with E-state index in [1.54, 1.807) is 6.07 Å². The number of likely N-dealkylation sites (tertiary alicyclic amines) is 1. The predicted molar refractivity (Wildman–Crippen MR) is 71.9 cm³/mol. The van der Waals surface area contributed by atoms with Crippen LogP contribution < -0.4 is 5.32 Å². The Balaban J connectivity index is 1.78. The lowest BCUT2D eigenvalue weighted by atomic mass is 9.80. The van der Waals surface area contributed by atoms with Crippen LogP contribution in [-0.2, 0) is 6.54 Å². The Morgan fingerprint density at radius 3 is 2.74 bits per heavy atom. The van der Waals surface area contributed by atoms with E-state index in [0.717, 1.165) is 19.6 Å². The van der Waals surface area contributed by atoms with E-state index in [9.17, 15) is 10.1 Å². The van der Waals surface area contributed by atoms with Gasteiger partial charge in [0, 0.05) is 6.54 Å². The minimum Gasteiger partial charge on any atom is -0.404 e. The first kappa shape index (κ1) is 14.0. The second-order valence-electron chi connectivity index (χ2n) is 5.71. The molecule has 2 rings (SSSR count). The largest absolute Gasteiger partial charge is 0.433 e. The van der Waals surface area contributed by atoms with Crippen molar-refractivity contribution in [2.45, 2.75) is 26.3 Å². The Hall–Kier alpha value is -1.40. The lowest BCUT2D eigenvalue weighted by molar-refractivity contribution is -0.402. The highest BCUT2D eigenvalue weighted by molar-refractivity contribution is 5.17. The molecule has 1 saturated heterocycles. The summed E-state index contributed by atoms with van der Waals surface area (Å²) in [4.78, 5) is 12.3. The number of piperidine rings is 1. The smallest absolute Gasteiger partial charge is 0.404 e. The number of rotatable bonds is 5. The zero-order valence-corrected chi connectivity index (χ0v) is 11.5. The highest BCUT2D eigenvalue weighted by atomic mass is 16.6. The normalized spacial score (nSPS) is 19.5. The summed E-state index contributed by atoms with van der Waals surface area (Å²) >= 11 is 0. The first-order valence-corrected chi connectivity index (χ1v) is 6.61. The van der Waals surface area contributed by atoms with E-state index >= 15 is 0 Å². The Morgan fingerprint density at radius 2 is 2.16 bits per heavy atom. The van der Waals surface area contributed by atoms with Gasteiger partial charge < -0.3 is 14.6 Å². The summed E-state index contributed by atoms with van der Waals surface area (Å²) in [6.45, 7) is 6.00. The quantitative estimate of drug-likeness (QED) is 0.652. The van der Waals surface area contributed by atoms with Crippen molar-refractivity contribution in [2.75, 3.05) is 26.7 Å². The molecule has 0 saturated carbocycles. The van der Waals surface area contributed by atoms with Crippen LogP contribution in [0.25, 0.3) is 0 Å². The van der Waals surface area contributed by atoms with Gasteiger partial charge in [0.25, 0.3) is 0 Å². The molecule has 0 bridgehead atoms. The van der Waals surface area contributed by atoms with Crippen molar-refractivity contribution in [3.05, 3.63) is 28.0 Å². The molecule has 0 unspecified atom stereocenters. The molecule has 106 valence electrons. The number of hydrogen-bond donors (Lipinski definition) is 1. The summed E-state index contributed by atoms with van der Waals surface area (Å²) in [6, 6.07) is 3.05. The van der Waals surface area contributed by atoms with E-state index in [-0.39, 0.29) is 5.88 Å². The molecule has 1 aliphatic heterocycles. The summed E-state index contributed by atoms with van der Waals surface area (Å²) in [6.07, 6.45) is 2.35. The molecular weight excluding hydrogens is 246 g/mol. The van der Waals surface area contributed by atoms with Gasteiger partial charge in [0.1, 0.15) is 10.7 Å². The Morgan fingerprint density at radius 1 is 1.47 bits per heavy atom. The second kappa shape index (κ2) is 5.71. The third-order valence-corrected chi connectivity index (χ3v) is 3.87. The molecule has 0 radical (unpaired) electrons. The van der Waals surface area contributed by atoms with Crippen LogP contribution in [0.15, 0.2) is 16.5 Å². The highest BCUT2D eigenvalue weighted by Crippen LogP contribution is 2.29. The molecular formula is C13H21N3O3. The first-order valence-electron chi connectivity index (χ1n) is 6.61. The van der Waals surface area contributed by atoms with Gasteiger partial charge in [-0.25, -0.2) is 0 Å². The number of nitrogens with one attached hydrogen (secondary N) is 1. The average Bonchev–Trinajstić information content (AvgIpc) is 2.82. The van der Waals surface area contributed by atoms with Crippen molar-refractivity contribution in [1.29, 1.82) is 0 Å². The summed E-state index contributed by atoms with van der Waals surface area (Å²) in [5.41, 5.74) is 0.311. The molecule has 0 atom stereocenters. The van der Waals surface area contributed by atoms with Gasteiger partial charge in [0.15, 0.2) is 0 Å². The summed E-state index contributed by atoms with van der Waals surface area (Å²) in [5.74, 6) is 0.422. The first-order chi connectivity index (χ1) is 8.98. The van der Waals surface area contributed by atoms with Crippen LogP contribution in [-0.4, -0.2) is 36.5 Å². The zero-order chi connectivity index (χ0) is 13.9. The Labute approximate surface area is 112 Å². The lowest BCUT2D eigenvalue weighted by Gasteiger charge is -2.38. The summed E-state index contributed by atoms with van der Waals surface area (Å²) < 4.78 is 5.11. The van der Waals surface area contributed by atoms with Crippen molar-refractivity contribution >= 4 is 5.88 Å². The topological polar surface area (TPSA) is 71.5 Å². The van der Waals surface area contributed by atoms with Gasteiger partial charge in [-0.2, -0.15) is 0 Å². The van der Waals surface area contributed by atoms with Crippen LogP contribution in [0.1, 0.15) is 25.5 Å². The molecule has 0 spiro atoms. The molecule has 2 heterocycles. The molecule has 6 nitrogen and oxygen atoms in total. The monoisotopic (exact) mass is 267 g/mol. The minimum atomic E-state index is -0.512. The maximum Gasteiger partial charge on any atom is 0.433 e. The number of hydrogen-bond acceptors (Lipinski definition) is 5. The van der Waals surface area contributed by atoms with E-state index in [2.05, 4.69) is 24.2 Å². The van der Waals surface area contributed by atoms with E-state index in [1.165, 1.54) is 18.9 Å².